The Labute approximate surface area is 623 Å². The maximum Gasteiger partial charge on any atom is 1.00 e. The van der Waals surface area contributed by atoms with Gasteiger partial charge in [-0.25, -0.2) is 0 Å². The summed E-state index contributed by atoms with van der Waals surface area (Å²) in [6.07, 6.45) is 0. The topological polar surface area (TPSA) is 290 Å². The van der Waals surface area contributed by atoms with Crippen molar-refractivity contribution in [1.29, 1.82) is 0 Å². The molecule has 0 aromatic rings. The molecule has 0 rings (SSSR count). The molecule has 0 fully saturated rings. The first-order valence-electron chi connectivity index (χ1n) is 20.6. The molecule has 0 saturated heterocycles. The van der Waals surface area contributed by atoms with Crippen LogP contribution in [-0.4, -0.2) is 103 Å². The van der Waals surface area contributed by atoms with Crippen LogP contribution in [0.3, 0.4) is 0 Å². The van der Waals surface area contributed by atoms with Crippen molar-refractivity contribution in [3.05, 3.63) is 0 Å². The Morgan fingerprint density at radius 2 is 0.179 bits per heavy atom. The van der Waals surface area contributed by atoms with Crippen molar-refractivity contribution in [2.45, 2.75) is 316 Å². The van der Waals surface area contributed by atoms with Gasteiger partial charge in [0.25, 0.3) is 0 Å². The number of hydrogen-bond acceptors (Lipinski definition) is 13. The Kier molecular flexibility index (Phi) is 120. The third kappa shape index (κ3) is 6340. The summed E-state index contributed by atoms with van der Waals surface area (Å²) in [5.41, 5.74) is -7.50. The minimum absolute atomic E-state index is 0. The predicted molar refractivity (Wildman–Crippen MR) is 252 cm³/mol. The summed E-state index contributed by atoms with van der Waals surface area (Å²) in [6.45, 7) is 60.7. The van der Waals surface area contributed by atoms with Gasteiger partial charge < -0.3 is 66.8 Å². The van der Waals surface area contributed by atoms with Crippen molar-refractivity contribution in [2.24, 2.45) is 0 Å². The van der Waals surface area contributed by atoms with Gasteiger partial charge >= 0.3 is 103 Å². The fraction of sp³-hybridized carbons (Fsp3) is 1.00. The molecule has 0 atom stereocenters. The monoisotopic (exact) mass is 1640 g/mol. The molecule has 7 N–H and O–H groups in total. The van der Waals surface area contributed by atoms with Crippen LogP contribution in [0.1, 0.15) is 249 Å². The fourth-order valence-electron chi connectivity index (χ4n) is 0. The van der Waals surface area contributed by atoms with Crippen LogP contribution in [-0.2, 0) is 0 Å². The van der Waals surface area contributed by atoms with E-state index in [4.69, 9.17) is 30.6 Å². The van der Waals surface area contributed by atoms with Crippen molar-refractivity contribution in [2.75, 3.05) is 0 Å². The summed E-state index contributed by atoms with van der Waals surface area (Å²) in [7, 11) is 0. The van der Waals surface area contributed by atoms with Gasteiger partial charge in [0, 0.05) is 149 Å². The standard InChI is InChI=1S/6C4H10O.6C4H9O.4Er.2K.H2O/c12*1-4(2,3)5;;;;;;;/h6*5H,1-3H3;6*1-3H3;;;;;;;1H2/q;;;;;;6*-1;;;;;2*+1;/p-1. The second-order valence-electron chi connectivity index (χ2n) is 25.7. The van der Waals surface area contributed by atoms with Crippen molar-refractivity contribution < 1.29 is 319 Å². The smallest absolute Gasteiger partial charge is 0.870 e. The van der Waals surface area contributed by atoms with E-state index in [1.165, 1.54) is 0 Å². The van der Waals surface area contributed by atoms with Crippen LogP contribution in [0.25, 0.3) is 0 Å². The number of hydrogen-bond donors (Lipinski definition) is 6. The molecule has 0 aliphatic carbocycles. The van der Waals surface area contributed by atoms with Crippen molar-refractivity contribution in [3.8, 4) is 0 Å². The van der Waals surface area contributed by atoms with Crippen molar-refractivity contribution >= 4 is 0 Å². The van der Waals surface area contributed by atoms with Crippen molar-refractivity contribution in [3.63, 3.8) is 0 Å². The summed E-state index contributed by atoms with van der Waals surface area (Å²) in [6, 6.07) is 0. The molecule has 0 bridgehead atoms. The Morgan fingerprint density at radius 1 is 0.179 bits per heavy atom. The average Bonchev–Trinajstić information content (AvgIpc) is 2.48. The van der Waals surface area contributed by atoms with Crippen LogP contribution in [0.15, 0.2) is 0 Å². The molecule has 0 aromatic carbocycles. The second kappa shape index (κ2) is 61.4. The second-order valence-corrected chi connectivity index (χ2v) is 25.7. The first kappa shape index (κ1) is 131. The van der Waals surface area contributed by atoms with Gasteiger partial charge in [-0.2, -0.15) is 0 Å². The van der Waals surface area contributed by atoms with Crippen LogP contribution in [0.4, 0.5) is 0 Å². The summed E-state index contributed by atoms with van der Waals surface area (Å²) in [5, 5.41) is 112. The largest absolute Gasteiger partial charge is 1.00 e. The van der Waals surface area contributed by atoms with Gasteiger partial charge in [-0.3, -0.25) is 0 Å². The average molecular weight is 1650 g/mol. The maximum absolute atomic E-state index is 10.1. The molecule has 67 heavy (non-hydrogen) atoms. The Balaban J connectivity index is -0.0000000219. The van der Waals surface area contributed by atoms with E-state index in [-0.39, 0.29) is 257 Å². The van der Waals surface area contributed by atoms with Crippen LogP contribution < -0.4 is 133 Å². The van der Waals surface area contributed by atoms with E-state index in [0.717, 1.165) is 0 Å². The number of aliphatic hydroxyl groups is 6. The third-order valence-corrected chi connectivity index (χ3v) is 0. The Morgan fingerprint density at radius 3 is 0.179 bits per heavy atom. The fourth-order valence-corrected chi connectivity index (χ4v) is 0. The van der Waals surface area contributed by atoms with Gasteiger partial charge in [-0.15, -0.1) is 33.6 Å². The molecule has 440 valence electrons. The van der Waals surface area contributed by atoms with Crippen molar-refractivity contribution in [1.82, 2.24) is 0 Å². The van der Waals surface area contributed by atoms with E-state index in [2.05, 4.69) is 0 Å². The summed E-state index contributed by atoms with van der Waals surface area (Å²) < 4.78 is 0. The molecule has 0 aromatic heterocycles. The van der Waals surface area contributed by atoms with Gasteiger partial charge in [0.15, 0.2) is 0 Å². The third-order valence-electron chi connectivity index (χ3n) is 0. The molecule has 0 radical (unpaired) electrons. The van der Waals surface area contributed by atoms with E-state index in [1.54, 1.807) is 249 Å². The summed E-state index contributed by atoms with van der Waals surface area (Å²) >= 11 is 0. The molecule has 0 aliphatic rings. The molecular weight excluding hydrogens is 1530 g/mol. The summed E-state index contributed by atoms with van der Waals surface area (Å²) in [4.78, 5) is 0. The Hall–Kier alpha value is 7.74. The molecule has 0 unspecified atom stereocenters. The van der Waals surface area contributed by atoms with Gasteiger partial charge in [-0.1, -0.05) is 125 Å². The molecule has 13 nitrogen and oxygen atoms in total. The minimum Gasteiger partial charge on any atom is -0.870 e. The first-order valence-corrected chi connectivity index (χ1v) is 20.6. The molecule has 19 heteroatoms. The molecular formula is C48H115Er4K2O13-5. The van der Waals surface area contributed by atoms with Gasteiger partial charge in [0.2, 0.25) is 0 Å². The molecule has 0 saturated carbocycles. The van der Waals surface area contributed by atoms with E-state index in [1.807, 2.05) is 0 Å². The molecule has 0 amide bonds. The molecule has 0 heterocycles. The van der Waals surface area contributed by atoms with E-state index < -0.39 is 67.2 Å². The zero-order valence-corrected chi connectivity index (χ0v) is 64.4. The van der Waals surface area contributed by atoms with Gasteiger partial charge in [-0.05, 0) is 125 Å². The Bertz CT molecular complexity index is 524. The molecule has 0 spiro atoms. The van der Waals surface area contributed by atoms with Crippen LogP contribution in [0.5, 0.6) is 0 Å². The summed E-state index contributed by atoms with van der Waals surface area (Å²) in [5.74, 6) is 0. The number of rotatable bonds is 0. The van der Waals surface area contributed by atoms with Gasteiger partial charge in [0.1, 0.15) is 0 Å². The SMILES string of the molecule is CC(C)(C)O.CC(C)(C)O.CC(C)(C)O.CC(C)(C)O.CC(C)(C)O.CC(C)(C)O.CC(C)(C)[O-].CC(C)(C)[O-].CC(C)(C)[O-].CC(C)(C)[O-].CC(C)(C)[O-].CC(C)(C)[O-].[Er].[Er].[Er].[Er].[K+].[K+].[OH-]. The maximum atomic E-state index is 10.1. The van der Waals surface area contributed by atoms with Gasteiger partial charge in [0.05, 0.1) is 33.6 Å². The quantitative estimate of drug-likeness (QED) is 0.165. The first-order chi connectivity index (χ1) is 24.0. The minimum atomic E-state index is -0.750. The normalized spacial score (nSPS) is 10.7. The predicted octanol–water partition coefficient (Wildman–Crippen LogP) is -0.634. The zero-order valence-electron chi connectivity index (χ0n) is 50.7. The zero-order chi connectivity index (χ0) is 54.0. The van der Waals surface area contributed by atoms with E-state index in [0.29, 0.717) is 0 Å². The molecule has 0 aliphatic heterocycles. The van der Waals surface area contributed by atoms with E-state index in [9.17, 15) is 30.6 Å². The van der Waals surface area contributed by atoms with Crippen LogP contribution >= 0.6 is 0 Å². The van der Waals surface area contributed by atoms with E-state index >= 15 is 0 Å². The van der Waals surface area contributed by atoms with Crippen LogP contribution in [0.2, 0.25) is 0 Å². The van der Waals surface area contributed by atoms with Crippen LogP contribution in [0, 0.1) is 149 Å².